The summed E-state index contributed by atoms with van der Waals surface area (Å²) in [6.07, 6.45) is 6.15. The average Bonchev–Trinajstić information content (AvgIpc) is 2.46. The van der Waals surface area contributed by atoms with Gasteiger partial charge in [0.25, 0.3) is 0 Å². The zero-order chi connectivity index (χ0) is 11.6. The molecule has 0 N–H and O–H groups in total. The Hall–Kier alpha value is -0.790. The van der Waals surface area contributed by atoms with Crippen LogP contribution in [0.25, 0.3) is 0 Å². The van der Waals surface area contributed by atoms with Crippen LogP contribution in [0.4, 0.5) is 0 Å². The van der Waals surface area contributed by atoms with E-state index in [4.69, 9.17) is 0 Å². The molecule has 15 heavy (non-hydrogen) atoms. The van der Waals surface area contributed by atoms with Gasteiger partial charge >= 0.3 is 0 Å². The smallest absolute Gasteiger partial charge is 0.246 e. The van der Waals surface area contributed by atoms with E-state index in [-0.39, 0.29) is 11.9 Å². The van der Waals surface area contributed by atoms with Crippen molar-refractivity contribution in [1.82, 2.24) is 4.90 Å². The largest absolute Gasteiger partial charge is 0.335 e. The Balaban J connectivity index is 2.72. The summed E-state index contributed by atoms with van der Waals surface area (Å²) in [6.45, 7) is 9.06. The summed E-state index contributed by atoms with van der Waals surface area (Å²) >= 11 is 0. The van der Waals surface area contributed by atoms with Gasteiger partial charge in [-0.15, -0.1) is 0 Å². The second-order valence-corrected chi connectivity index (χ2v) is 5.33. The van der Waals surface area contributed by atoms with Crippen LogP contribution in [0.15, 0.2) is 12.2 Å². The third-order valence-electron chi connectivity index (χ3n) is 3.87. The number of carbonyl (C=O) groups excluding carboxylic acids is 1. The Morgan fingerprint density at radius 1 is 1.53 bits per heavy atom. The summed E-state index contributed by atoms with van der Waals surface area (Å²) in [5.41, 5.74) is 0.294. The van der Waals surface area contributed by atoms with Crippen LogP contribution in [-0.2, 0) is 4.79 Å². The van der Waals surface area contributed by atoms with Gasteiger partial charge in [-0.05, 0) is 17.8 Å². The molecule has 1 amide bonds. The van der Waals surface area contributed by atoms with Crippen molar-refractivity contribution in [3.8, 4) is 0 Å². The van der Waals surface area contributed by atoms with Crippen LogP contribution in [0, 0.1) is 11.3 Å². The Labute approximate surface area is 93.3 Å². The molecule has 1 rings (SSSR count). The lowest BCUT2D eigenvalue weighted by atomic mass is 9.73. The van der Waals surface area contributed by atoms with Crippen LogP contribution in [0.2, 0.25) is 0 Å². The number of rotatable bonds is 4. The summed E-state index contributed by atoms with van der Waals surface area (Å²) in [6, 6.07) is 0.277. The van der Waals surface area contributed by atoms with Crippen LogP contribution in [-0.4, -0.2) is 23.9 Å². The molecule has 0 aliphatic carbocycles. The lowest BCUT2D eigenvalue weighted by Crippen LogP contribution is -2.40. The molecule has 0 aromatic heterocycles. The van der Waals surface area contributed by atoms with E-state index < -0.39 is 0 Å². The number of hydrogen-bond acceptors (Lipinski definition) is 1. The van der Waals surface area contributed by atoms with Gasteiger partial charge in [-0.3, -0.25) is 4.79 Å². The molecular formula is C13H23NO. The van der Waals surface area contributed by atoms with Gasteiger partial charge in [0.15, 0.2) is 0 Å². The Kier molecular flexibility index (Phi) is 3.58. The number of amides is 1. The lowest BCUT2D eigenvalue weighted by molar-refractivity contribution is -0.125. The maximum absolute atomic E-state index is 11.4. The van der Waals surface area contributed by atoms with E-state index in [1.165, 1.54) is 12.8 Å². The zero-order valence-corrected chi connectivity index (χ0v) is 10.6. The first kappa shape index (κ1) is 12.3. The highest BCUT2D eigenvalue weighted by Crippen LogP contribution is 2.37. The molecule has 0 aromatic carbocycles. The van der Waals surface area contributed by atoms with Gasteiger partial charge in [0.2, 0.25) is 5.91 Å². The van der Waals surface area contributed by atoms with E-state index in [0.717, 1.165) is 0 Å². The molecule has 0 saturated carbocycles. The Bertz CT molecular complexity index is 268. The normalized spacial score (nSPS) is 23.7. The summed E-state index contributed by atoms with van der Waals surface area (Å²) in [5, 5.41) is 0. The average molecular weight is 209 g/mol. The number of likely N-dealkylation sites (N-methyl/N-ethyl adjacent to an activating group) is 1. The molecule has 0 radical (unpaired) electrons. The molecule has 0 unspecified atom stereocenters. The van der Waals surface area contributed by atoms with Crippen molar-refractivity contribution in [3.63, 3.8) is 0 Å². The van der Waals surface area contributed by atoms with E-state index >= 15 is 0 Å². The molecule has 2 heteroatoms. The molecule has 86 valence electrons. The fourth-order valence-corrected chi connectivity index (χ4v) is 2.41. The van der Waals surface area contributed by atoms with Gasteiger partial charge in [0.1, 0.15) is 0 Å². The van der Waals surface area contributed by atoms with E-state index in [1.807, 2.05) is 18.0 Å². The van der Waals surface area contributed by atoms with Crippen molar-refractivity contribution in [2.24, 2.45) is 11.3 Å². The molecule has 0 saturated heterocycles. The Morgan fingerprint density at radius 3 is 2.53 bits per heavy atom. The van der Waals surface area contributed by atoms with Crippen LogP contribution in [0.1, 0.15) is 40.5 Å². The second kappa shape index (κ2) is 4.38. The monoisotopic (exact) mass is 209 g/mol. The van der Waals surface area contributed by atoms with Crippen molar-refractivity contribution in [1.29, 1.82) is 0 Å². The van der Waals surface area contributed by atoms with Gasteiger partial charge in [-0.25, -0.2) is 0 Å². The molecule has 2 atom stereocenters. The predicted molar refractivity (Wildman–Crippen MR) is 63.6 cm³/mol. The first-order chi connectivity index (χ1) is 6.90. The second-order valence-electron chi connectivity index (χ2n) is 5.33. The minimum absolute atomic E-state index is 0.138. The third kappa shape index (κ3) is 2.42. The first-order valence-electron chi connectivity index (χ1n) is 5.85. The molecule has 1 heterocycles. The molecule has 2 nitrogen and oxygen atoms in total. The van der Waals surface area contributed by atoms with Crippen molar-refractivity contribution < 1.29 is 4.79 Å². The summed E-state index contributed by atoms with van der Waals surface area (Å²) < 4.78 is 0. The maximum atomic E-state index is 11.4. The fraction of sp³-hybridized carbons (Fsp3) is 0.769. The standard InChI is InChI=1S/C13H23NO/c1-6-9-13(3,4)10(2)11-7-8-12(15)14(11)5/h7-8,10-11H,6,9H2,1-5H3/t10-,11-/m1/s1. The van der Waals surface area contributed by atoms with Gasteiger partial charge in [0, 0.05) is 13.1 Å². The third-order valence-corrected chi connectivity index (χ3v) is 3.87. The maximum Gasteiger partial charge on any atom is 0.246 e. The zero-order valence-electron chi connectivity index (χ0n) is 10.6. The number of hydrogen-bond donors (Lipinski definition) is 0. The summed E-state index contributed by atoms with van der Waals surface area (Å²) in [4.78, 5) is 13.3. The van der Waals surface area contributed by atoms with E-state index in [9.17, 15) is 4.79 Å². The van der Waals surface area contributed by atoms with Crippen LogP contribution in [0.3, 0.4) is 0 Å². The van der Waals surface area contributed by atoms with Crippen LogP contribution >= 0.6 is 0 Å². The molecule has 0 aromatic rings. The van der Waals surface area contributed by atoms with Gasteiger partial charge in [-0.2, -0.15) is 0 Å². The van der Waals surface area contributed by atoms with E-state index in [0.29, 0.717) is 11.3 Å². The topological polar surface area (TPSA) is 20.3 Å². The number of nitrogens with zero attached hydrogens (tertiary/aromatic N) is 1. The van der Waals surface area contributed by atoms with Crippen molar-refractivity contribution in [3.05, 3.63) is 12.2 Å². The van der Waals surface area contributed by atoms with Crippen molar-refractivity contribution in [2.75, 3.05) is 7.05 Å². The van der Waals surface area contributed by atoms with Crippen molar-refractivity contribution >= 4 is 5.91 Å². The summed E-state index contributed by atoms with van der Waals surface area (Å²) in [7, 11) is 1.89. The molecule has 0 bridgehead atoms. The highest BCUT2D eigenvalue weighted by molar-refractivity contribution is 5.90. The van der Waals surface area contributed by atoms with Gasteiger partial charge in [0.05, 0.1) is 6.04 Å². The van der Waals surface area contributed by atoms with Crippen LogP contribution in [0.5, 0.6) is 0 Å². The first-order valence-corrected chi connectivity index (χ1v) is 5.85. The molecule has 0 spiro atoms. The van der Waals surface area contributed by atoms with E-state index in [1.54, 1.807) is 6.08 Å². The molecule has 0 fully saturated rings. The predicted octanol–water partition coefficient (Wildman–Crippen LogP) is 2.85. The molecular weight excluding hydrogens is 186 g/mol. The van der Waals surface area contributed by atoms with Crippen LogP contribution < -0.4 is 0 Å². The molecule has 1 aliphatic heterocycles. The molecule has 1 aliphatic rings. The van der Waals surface area contributed by atoms with Gasteiger partial charge < -0.3 is 4.90 Å². The minimum Gasteiger partial charge on any atom is -0.335 e. The van der Waals surface area contributed by atoms with Crippen molar-refractivity contribution in [2.45, 2.75) is 46.6 Å². The number of carbonyl (C=O) groups is 1. The lowest BCUT2D eigenvalue weighted by Gasteiger charge is -2.38. The quantitative estimate of drug-likeness (QED) is 0.697. The summed E-state index contributed by atoms with van der Waals surface area (Å²) in [5.74, 6) is 0.643. The Morgan fingerprint density at radius 2 is 2.13 bits per heavy atom. The highest BCUT2D eigenvalue weighted by Gasteiger charge is 2.35. The fourth-order valence-electron chi connectivity index (χ4n) is 2.41. The van der Waals surface area contributed by atoms with E-state index in [2.05, 4.69) is 27.7 Å². The highest BCUT2D eigenvalue weighted by atomic mass is 16.2. The minimum atomic E-state index is 0.138. The van der Waals surface area contributed by atoms with Gasteiger partial charge in [-0.1, -0.05) is 40.2 Å². The SMILES string of the molecule is CCCC(C)(C)[C@H](C)[C@H]1C=CC(=O)N1C.